The molecule has 0 spiro atoms. The van der Waals surface area contributed by atoms with E-state index in [0.717, 1.165) is 11.1 Å². The Morgan fingerprint density at radius 1 is 0.889 bits per heavy atom. The van der Waals surface area contributed by atoms with Crippen LogP contribution < -0.4 is 0 Å². The fourth-order valence-electron chi connectivity index (χ4n) is 3.84. The van der Waals surface area contributed by atoms with Gasteiger partial charge in [-0.25, -0.2) is 0 Å². The van der Waals surface area contributed by atoms with Gasteiger partial charge in [0.1, 0.15) is 30.5 Å². The molecule has 144 valence electrons. The molecule has 0 saturated carbocycles. The number of methoxy groups -OCH3 is 2. The molecular weight excluding hydrogens is 368 g/mol. The Kier molecular flexibility index (Phi) is 5.78. The zero-order chi connectivity index (χ0) is 18.8. The van der Waals surface area contributed by atoms with Crippen LogP contribution >= 0.6 is 11.6 Å². The molecule has 0 radical (unpaired) electrons. The van der Waals surface area contributed by atoms with E-state index >= 15 is 0 Å². The van der Waals surface area contributed by atoms with Gasteiger partial charge in [-0.05, 0) is 11.6 Å². The molecule has 2 saturated heterocycles. The van der Waals surface area contributed by atoms with Gasteiger partial charge in [0.05, 0.1) is 6.61 Å². The third-order valence-electron chi connectivity index (χ3n) is 5.16. The van der Waals surface area contributed by atoms with Gasteiger partial charge in [0.2, 0.25) is 0 Å². The van der Waals surface area contributed by atoms with Crippen molar-refractivity contribution in [3.05, 3.63) is 70.7 Å². The van der Waals surface area contributed by atoms with Gasteiger partial charge in [-0.1, -0.05) is 60.1 Å². The van der Waals surface area contributed by atoms with Crippen LogP contribution in [0.1, 0.15) is 23.5 Å². The average Bonchev–Trinajstić information content (AvgIpc) is 2.73. The summed E-state index contributed by atoms with van der Waals surface area (Å²) in [5.74, 6) is 0. The Morgan fingerprint density at radius 2 is 1.59 bits per heavy atom. The van der Waals surface area contributed by atoms with Crippen molar-refractivity contribution in [2.24, 2.45) is 0 Å². The van der Waals surface area contributed by atoms with Crippen LogP contribution in [0.25, 0.3) is 0 Å². The molecule has 0 N–H and O–H groups in total. The lowest BCUT2D eigenvalue weighted by Crippen LogP contribution is -2.60. The lowest BCUT2D eigenvalue weighted by atomic mass is 9.90. The number of rotatable bonds is 4. The van der Waals surface area contributed by atoms with E-state index in [4.69, 9.17) is 35.3 Å². The number of hydrogen-bond donors (Lipinski definition) is 0. The minimum absolute atomic E-state index is 0.258. The summed E-state index contributed by atoms with van der Waals surface area (Å²) in [6.07, 6.45) is -2.00. The third-order valence-corrected chi connectivity index (χ3v) is 5.50. The molecule has 6 heteroatoms. The van der Waals surface area contributed by atoms with Gasteiger partial charge in [0.15, 0.2) is 6.29 Å². The second kappa shape index (κ2) is 8.27. The molecule has 4 rings (SSSR count). The topological polar surface area (TPSA) is 46.2 Å². The zero-order valence-electron chi connectivity index (χ0n) is 15.3. The van der Waals surface area contributed by atoms with Crippen LogP contribution in [0.15, 0.2) is 54.6 Å². The fourth-order valence-corrected chi connectivity index (χ4v) is 4.07. The third kappa shape index (κ3) is 3.63. The molecule has 5 nitrogen and oxygen atoms in total. The van der Waals surface area contributed by atoms with Gasteiger partial charge in [-0.2, -0.15) is 0 Å². The van der Waals surface area contributed by atoms with E-state index in [-0.39, 0.29) is 30.5 Å². The molecule has 2 aromatic rings. The van der Waals surface area contributed by atoms with Gasteiger partial charge in [-0.3, -0.25) is 0 Å². The minimum atomic E-state index is -0.563. The van der Waals surface area contributed by atoms with Gasteiger partial charge in [0, 0.05) is 24.8 Å². The van der Waals surface area contributed by atoms with Crippen molar-refractivity contribution in [3.8, 4) is 0 Å². The molecule has 6 atom stereocenters. The van der Waals surface area contributed by atoms with Crippen molar-refractivity contribution < 1.29 is 23.7 Å². The fraction of sp³-hybridized carbons (Fsp3) is 0.429. The van der Waals surface area contributed by atoms with Crippen molar-refractivity contribution in [3.63, 3.8) is 0 Å². The molecule has 0 amide bonds. The Bertz CT molecular complexity index is 755. The first-order valence-electron chi connectivity index (χ1n) is 9.00. The van der Waals surface area contributed by atoms with E-state index in [9.17, 15) is 0 Å². The van der Waals surface area contributed by atoms with Crippen LogP contribution in [0.5, 0.6) is 0 Å². The second-order valence-corrected chi connectivity index (χ2v) is 7.10. The standard InChI is InChI=1S/C21H23ClO5/c1-23-19-17(13-8-4-3-5-9-13)26-16-12-25-21(27-18(16)20(19)24-2)14-10-6-7-11-15(14)22/h3-11,16-21H,12H2,1-2H3/t16-,17+,18-,19+,20+,21-/m1/s1. The summed E-state index contributed by atoms with van der Waals surface area (Å²) in [4.78, 5) is 0. The van der Waals surface area contributed by atoms with Crippen LogP contribution in [0.3, 0.4) is 0 Å². The number of hydrogen-bond acceptors (Lipinski definition) is 5. The molecular formula is C21H23ClO5. The van der Waals surface area contributed by atoms with Crippen molar-refractivity contribution in [2.75, 3.05) is 20.8 Å². The largest absolute Gasteiger partial charge is 0.376 e. The summed E-state index contributed by atoms with van der Waals surface area (Å²) >= 11 is 6.31. The van der Waals surface area contributed by atoms with E-state index in [0.29, 0.717) is 11.6 Å². The second-order valence-electron chi connectivity index (χ2n) is 6.69. The highest BCUT2D eigenvalue weighted by Crippen LogP contribution is 2.41. The summed E-state index contributed by atoms with van der Waals surface area (Å²) in [7, 11) is 3.34. The first-order chi connectivity index (χ1) is 13.2. The van der Waals surface area contributed by atoms with Crippen LogP contribution in [0, 0.1) is 0 Å². The quantitative estimate of drug-likeness (QED) is 0.791. The maximum absolute atomic E-state index is 6.34. The van der Waals surface area contributed by atoms with Crippen molar-refractivity contribution in [2.45, 2.75) is 36.8 Å². The van der Waals surface area contributed by atoms with Gasteiger partial charge in [-0.15, -0.1) is 0 Å². The lowest BCUT2D eigenvalue weighted by molar-refractivity contribution is -0.334. The van der Waals surface area contributed by atoms with Crippen LogP contribution in [0.4, 0.5) is 0 Å². The van der Waals surface area contributed by atoms with E-state index < -0.39 is 6.29 Å². The summed E-state index contributed by atoms with van der Waals surface area (Å²) in [5.41, 5.74) is 1.84. The highest BCUT2D eigenvalue weighted by molar-refractivity contribution is 6.31. The van der Waals surface area contributed by atoms with Gasteiger partial charge < -0.3 is 23.7 Å². The smallest absolute Gasteiger partial charge is 0.185 e. The van der Waals surface area contributed by atoms with E-state index in [1.807, 2.05) is 54.6 Å². The van der Waals surface area contributed by atoms with Crippen LogP contribution in [-0.2, 0) is 23.7 Å². The summed E-state index contributed by atoms with van der Waals surface area (Å²) < 4.78 is 30.1. The lowest BCUT2D eigenvalue weighted by Gasteiger charge is -2.48. The normalized spacial score (nSPS) is 33.4. The first kappa shape index (κ1) is 18.9. The minimum Gasteiger partial charge on any atom is -0.376 e. The maximum atomic E-state index is 6.34. The average molecular weight is 391 g/mol. The van der Waals surface area contributed by atoms with E-state index in [1.165, 1.54) is 0 Å². The Labute approximate surface area is 164 Å². The number of halogens is 1. The molecule has 0 bridgehead atoms. The molecule has 0 unspecified atom stereocenters. The maximum Gasteiger partial charge on any atom is 0.185 e. The predicted octanol–water partition coefficient (Wildman–Crippen LogP) is 3.92. The Balaban J connectivity index is 1.60. The van der Waals surface area contributed by atoms with Gasteiger partial charge >= 0.3 is 0 Å². The highest BCUT2D eigenvalue weighted by Gasteiger charge is 2.51. The molecule has 2 fully saturated rings. The molecule has 0 aromatic heterocycles. The number of ether oxygens (including phenoxy) is 5. The van der Waals surface area contributed by atoms with Crippen molar-refractivity contribution in [1.29, 1.82) is 0 Å². The molecule has 27 heavy (non-hydrogen) atoms. The summed E-state index contributed by atoms with van der Waals surface area (Å²) in [6.45, 7) is 0.389. The van der Waals surface area contributed by atoms with Crippen LogP contribution in [0.2, 0.25) is 5.02 Å². The van der Waals surface area contributed by atoms with E-state index in [2.05, 4.69) is 0 Å². The monoisotopic (exact) mass is 390 g/mol. The molecule has 2 aliphatic heterocycles. The van der Waals surface area contributed by atoms with Crippen molar-refractivity contribution >= 4 is 11.6 Å². The first-order valence-corrected chi connectivity index (χ1v) is 9.38. The predicted molar refractivity (Wildman–Crippen MR) is 101 cm³/mol. The molecule has 2 aromatic carbocycles. The number of benzene rings is 2. The SMILES string of the molecule is CO[C@@H]1[C@@H](OC)[C@H](c2ccccc2)O[C@@H]2CO[C@@H](c3ccccc3Cl)O[C@@H]12. The Morgan fingerprint density at radius 3 is 2.30 bits per heavy atom. The molecule has 0 aliphatic carbocycles. The zero-order valence-corrected chi connectivity index (χ0v) is 16.0. The number of fused-ring (bicyclic) bond motifs is 1. The Hall–Kier alpha value is -1.47. The van der Waals surface area contributed by atoms with Gasteiger partial charge in [0.25, 0.3) is 0 Å². The summed E-state index contributed by atoms with van der Waals surface area (Å²) in [5, 5.41) is 0.608. The highest BCUT2D eigenvalue weighted by atomic mass is 35.5. The summed E-state index contributed by atoms with van der Waals surface area (Å²) in [6, 6.07) is 17.5. The van der Waals surface area contributed by atoms with Crippen molar-refractivity contribution in [1.82, 2.24) is 0 Å². The molecule has 2 heterocycles. The van der Waals surface area contributed by atoms with Crippen LogP contribution in [-0.4, -0.2) is 45.2 Å². The van der Waals surface area contributed by atoms with E-state index in [1.54, 1.807) is 14.2 Å². The molecule has 2 aliphatic rings.